The van der Waals surface area contributed by atoms with E-state index in [9.17, 15) is 4.39 Å². The van der Waals surface area contributed by atoms with E-state index in [1.54, 1.807) is 12.1 Å². The number of halogens is 3. The molecule has 1 nitrogen and oxygen atoms in total. The molecule has 1 rings (SSSR count). The summed E-state index contributed by atoms with van der Waals surface area (Å²) in [5.74, 6) is -0.295. The lowest BCUT2D eigenvalue weighted by atomic mass is 10.1. The zero-order chi connectivity index (χ0) is 9.14. The van der Waals surface area contributed by atoms with Crippen LogP contribution in [0.1, 0.15) is 11.6 Å². The molecule has 4 heteroatoms. The lowest BCUT2D eigenvalue weighted by Gasteiger charge is -2.06. The zero-order valence-corrected chi connectivity index (χ0v) is 9.24. The second kappa shape index (κ2) is 5.37. The minimum absolute atomic E-state index is 0. The molecule has 0 spiro atoms. The van der Waals surface area contributed by atoms with Gasteiger partial charge in [0.05, 0.1) is 0 Å². The maximum Gasteiger partial charge on any atom is 0.124 e. The molecule has 0 aliphatic carbocycles. The molecule has 0 unspecified atom stereocenters. The molecular formula is C9H10BrClFN. The average molecular weight is 267 g/mol. The number of benzene rings is 1. The summed E-state index contributed by atoms with van der Waals surface area (Å²) < 4.78 is 13.5. The SMILES string of the molecule is C=C[C@@H](N)c1cc(F)cc(Br)c1.Cl. The molecule has 0 aliphatic rings. The molecule has 0 fully saturated rings. The first kappa shape index (κ1) is 12.6. The summed E-state index contributed by atoms with van der Waals surface area (Å²) in [4.78, 5) is 0. The largest absolute Gasteiger partial charge is 0.321 e. The fourth-order valence-corrected chi connectivity index (χ4v) is 1.39. The average Bonchev–Trinajstić information content (AvgIpc) is 2.01. The Labute approximate surface area is 91.4 Å². The molecule has 72 valence electrons. The lowest BCUT2D eigenvalue weighted by molar-refractivity contribution is 0.623. The van der Waals surface area contributed by atoms with Crippen LogP contribution in [0.5, 0.6) is 0 Å². The van der Waals surface area contributed by atoms with Crippen molar-refractivity contribution >= 4 is 28.3 Å². The number of rotatable bonds is 2. The third-order valence-electron chi connectivity index (χ3n) is 1.52. The minimum atomic E-state index is -0.308. The Hall–Kier alpha value is -0.380. The van der Waals surface area contributed by atoms with Gasteiger partial charge in [-0.05, 0) is 23.8 Å². The van der Waals surface area contributed by atoms with Crippen molar-refractivity contribution in [3.63, 3.8) is 0 Å². The zero-order valence-electron chi connectivity index (χ0n) is 6.84. The molecule has 2 N–H and O–H groups in total. The molecule has 1 atom stereocenters. The van der Waals surface area contributed by atoms with E-state index < -0.39 is 0 Å². The number of hydrogen-bond acceptors (Lipinski definition) is 1. The van der Waals surface area contributed by atoms with Crippen molar-refractivity contribution in [1.29, 1.82) is 0 Å². The highest BCUT2D eigenvalue weighted by molar-refractivity contribution is 9.10. The first-order valence-electron chi connectivity index (χ1n) is 3.47. The molecule has 0 heterocycles. The van der Waals surface area contributed by atoms with Crippen LogP contribution in [-0.2, 0) is 0 Å². The Kier molecular flexibility index (Phi) is 5.21. The molecule has 0 aromatic heterocycles. The van der Waals surface area contributed by atoms with Gasteiger partial charge in [0.15, 0.2) is 0 Å². The van der Waals surface area contributed by atoms with E-state index in [2.05, 4.69) is 22.5 Å². The van der Waals surface area contributed by atoms with E-state index in [0.717, 1.165) is 5.56 Å². The maximum absolute atomic E-state index is 12.8. The summed E-state index contributed by atoms with van der Waals surface area (Å²) in [7, 11) is 0. The lowest BCUT2D eigenvalue weighted by Crippen LogP contribution is -2.06. The predicted octanol–water partition coefficient (Wildman–Crippen LogP) is 3.20. The Morgan fingerprint density at radius 2 is 2.08 bits per heavy atom. The van der Waals surface area contributed by atoms with Gasteiger partial charge in [0.25, 0.3) is 0 Å². The highest BCUT2D eigenvalue weighted by Gasteiger charge is 2.03. The van der Waals surface area contributed by atoms with Crippen molar-refractivity contribution in [2.24, 2.45) is 5.73 Å². The van der Waals surface area contributed by atoms with Crippen LogP contribution in [0.3, 0.4) is 0 Å². The van der Waals surface area contributed by atoms with Crippen molar-refractivity contribution in [1.82, 2.24) is 0 Å². The van der Waals surface area contributed by atoms with Crippen LogP contribution in [0.25, 0.3) is 0 Å². The van der Waals surface area contributed by atoms with Crippen LogP contribution in [0, 0.1) is 5.82 Å². The van der Waals surface area contributed by atoms with Gasteiger partial charge in [-0.15, -0.1) is 19.0 Å². The highest BCUT2D eigenvalue weighted by atomic mass is 79.9. The molecule has 0 saturated heterocycles. The van der Waals surface area contributed by atoms with Gasteiger partial charge in [-0.1, -0.05) is 22.0 Å². The van der Waals surface area contributed by atoms with E-state index in [0.29, 0.717) is 4.47 Å². The maximum atomic E-state index is 12.8. The van der Waals surface area contributed by atoms with Crippen molar-refractivity contribution < 1.29 is 4.39 Å². The Balaban J connectivity index is 0.00000144. The summed E-state index contributed by atoms with van der Waals surface area (Å²) >= 11 is 3.18. The molecule has 0 aliphatic heterocycles. The van der Waals surface area contributed by atoms with Crippen molar-refractivity contribution in [2.75, 3.05) is 0 Å². The second-order valence-corrected chi connectivity index (χ2v) is 3.38. The van der Waals surface area contributed by atoms with Crippen molar-refractivity contribution in [2.45, 2.75) is 6.04 Å². The van der Waals surface area contributed by atoms with E-state index in [4.69, 9.17) is 5.73 Å². The smallest absolute Gasteiger partial charge is 0.124 e. The predicted molar refractivity (Wildman–Crippen MR) is 58.5 cm³/mol. The van der Waals surface area contributed by atoms with Crippen LogP contribution in [0.2, 0.25) is 0 Å². The summed E-state index contributed by atoms with van der Waals surface area (Å²) in [6.07, 6.45) is 1.57. The molecule has 1 aromatic rings. The molecule has 0 radical (unpaired) electrons. The summed E-state index contributed by atoms with van der Waals surface area (Å²) in [6.45, 7) is 3.53. The third kappa shape index (κ3) is 3.46. The van der Waals surface area contributed by atoms with Gasteiger partial charge in [-0.2, -0.15) is 0 Å². The topological polar surface area (TPSA) is 26.0 Å². The van der Waals surface area contributed by atoms with E-state index in [1.807, 2.05) is 0 Å². The molecule has 0 saturated carbocycles. The minimum Gasteiger partial charge on any atom is -0.321 e. The van der Waals surface area contributed by atoms with Gasteiger partial charge < -0.3 is 5.73 Å². The fraction of sp³-hybridized carbons (Fsp3) is 0.111. The van der Waals surface area contributed by atoms with Gasteiger partial charge in [-0.3, -0.25) is 0 Å². The molecular weight excluding hydrogens is 256 g/mol. The van der Waals surface area contributed by atoms with E-state index >= 15 is 0 Å². The number of nitrogens with two attached hydrogens (primary N) is 1. The second-order valence-electron chi connectivity index (χ2n) is 2.46. The van der Waals surface area contributed by atoms with Crippen LogP contribution in [-0.4, -0.2) is 0 Å². The monoisotopic (exact) mass is 265 g/mol. The first-order valence-corrected chi connectivity index (χ1v) is 4.27. The van der Waals surface area contributed by atoms with Crippen LogP contribution < -0.4 is 5.73 Å². The van der Waals surface area contributed by atoms with Crippen LogP contribution in [0.4, 0.5) is 4.39 Å². The number of hydrogen-bond donors (Lipinski definition) is 1. The highest BCUT2D eigenvalue weighted by Crippen LogP contribution is 2.19. The van der Waals surface area contributed by atoms with Gasteiger partial charge >= 0.3 is 0 Å². The van der Waals surface area contributed by atoms with Gasteiger partial charge in [0.1, 0.15) is 5.82 Å². The fourth-order valence-electron chi connectivity index (χ4n) is 0.904. The van der Waals surface area contributed by atoms with E-state index in [1.165, 1.54) is 12.1 Å². The molecule has 1 aromatic carbocycles. The molecule has 0 amide bonds. The van der Waals surface area contributed by atoms with Crippen molar-refractivity contribution in [3.05, 3.63) is 46.7 Å². The normalized spacial score (nSPS) is 11.6. The van der Waals surface area contributed by atoms with Gasteiger partial charge in [0, 0.05) is 10.5 Å². The Bertz CT molecular complexity index is 283. The first-order chi connectivity index (χ1) is 5.63. The molecule has 0 bridgehead atoms. The van der Waals surface area contributed by atoms with E-state index in [-0.39, 0.29) is 24.3 Å². The molecule has 13 heavy (non-hydrogen) atoms. The Morgan fingerprint density at radius 1 is 1.46 bits per heavy atom. The van der Waals surface area contributed by atoms with Crippen LogP contribution >= 0.6 is 28.3 Å². The van der Waals surface area contributed by atoms with Gasteiger partial charge in [-0.25, -0.2) is 4.39 Å². The summed E-state index contributed by atoms with van der Waals surface area (Å²) in [5.41, 5.74) is 6.35. The van der Waals surface area contributed by atoms with Gasteiger partial charge in [0.2, 0.25) is 0 Å². The summed E-state index contributed by atoms with van der Waals surface area (Å²) in [6, 6.07) is 4.25. The third-order valence-corrected chi connectivity index (χ3v) is 1.98. The standard InChI is InChI=1S/C9H9BrFN.ClH/c1-2-9(12)6-3-7(10)5-8(11)4-6;/h2-5,9H,1,12H2;1H/t9-;/m1./s1. The quantitative estimate of drug-likeness (QED) is 0.818. The Morgan fingerprint density at radius 3 is 2.54 bits per heavy atom. The summed E-state index contributed by atoms with van der Waals surface area (Å²) in [5, 5.41) is 0. The van der Waals surface area contributed by atoms with Crippen LogP contribution in [0.15, 0.2) is 35.3 Å². The van der Waals surface area contributed by atoms with Crippen molar-refractivity contribution in [3.8, 4) is 0 Å².